The molecule has 0 radical (unpaired) electrons. The molecule has 0 fully saturated rings. The molecule has 0 aliphatic carbocycles. The van der Waals surface area contributed by atoms with Crippen LogP contribution in [0.4, 0.5) is 10.8 Å². The molecule has 1 heterocycles. The Balaban J connectivity index is 2.44. The third kappa shape index (κ3) is 1.94. The molecule has 3 nitrogen and oxygen atoms in total. The normalized spacial score (nSPS) is 10.3. The Morgan fingerprint density at radius 2 is 1.93 bits per heavy atom. The van der Waals surface area contributed by atoms with E-state index in [1.165, 1.54) is 10.4 Å². The van der Waals surface area contributed by atoms with Crippen LogP contribution in [0.15, 0.2) is 24.3 Å². The quantitative estimate of drug-likeness (QED) is 0.764. The highest BCUT2D eigenvalue weighted by Gasteiger charge is 2.08. The van der Waals surface area contributed by atoms with E-state index >= 15 is 0 Å². The summed E-state index contributed by atoms with van der Waals surface area (Å²) in [4.78, 5) is 5.60. The average Bonchev–Trinajstić information content (AvgIpc) is 2.61. The lowest BCUT2D eigenvalue weighted by Crippen LogP contribution is -1.85. The fourth-order valence-corrected chi connectivity index (χ4v) is 2.33. The molecule has 1 aromatic heterocycles. The van der Waals surface area contributed by atoms with Gasteiger partial charge < -0.3 is 11.1 Å². The van der Waals surface area contributed by atoms with Gasteiger partial charge in [-0.2, -0.15) is 0 Å². The molecule has 0 saturated heterocycles. The van der Waals surface area contributed by atoms with E-state index in [0.29, 0.717) is 0 Å². The first kappa shape index (κ1) is 9.98. The molecule has 0 aliphatic heterocycles. The van der Waals surface area contributed by atoms with Gasteiger partial charge in [-0.3, -0.25) is 0 Å². The van der Waals surface area contributed by atoms with Gasteiger partial charge in [0.15, 0.2) is 5.13 Å². The molecule has 2 aromatic rings. The lowest BCUT2D eigenvalue weighted by Gasteiger charge is -1.98. The van der Waals surface area contributed by atoms with Crippen LogP contribution in [0.5, 0.6) is 0 Å². The van der Waals surface area contributed by atoms with Crippen molar-refractivity contribution in [3.63, 3.8) is 0 Å². The minimum absolute atomic E-state index is 0.787. The van der Waals surface area contributed by atoms with Crippen molar-refractivity contribution in [2.24, 2.45) is 0 Å². The van der Waals surface area contributed by atoms with E-state index in [1.807, 2.05) is 38.2 Å². The Hall–Kier alpha value is -1.55. The smallest absolute Gasteiger partial charge is 0.183 e. The van der Waals surface area contributed by atoms with Crippen molar-refractivity contribution in [1.29, 1.82) is 0 Å². The molecular weight excluding hydrogens is 206 g/mol. The molecule has 15 heavy (non-hydrogen) atoms. The van der Waals surface area contributed by atoms with E-state index in [2.05, 4.69) is 10.3 Å². The van der Waals surface area contributed by atoms with Gasteiger partial charge in [-0.15, -0.1) is 0 Å². The summed E-state index contributed by atoms with van der Waals surface area (Å²) >= 11 is 1.66. The Kier molecular flexibility index (Phi) is 2.60. The van der Waals surface area contributed by atoms with Crippen molar-refractivity contribution in [2.45, 2.75) is 6.92 Å². The summed E-state index contributed by atoms with van der Waals surface area (Å²) in [6.07, 6.45) is 0. The summed E-state index contributed by atoms with van der Waals surface area (Å²) in [6, 6.07) is 7.87. The molecule has 0 atom stereocenters. The van der Waals surface area contributed by atoms with E-state index in [9.17, 15) is 0 Å². The number of rotatable bonds is 2. The molecule has 0 spiro atoms. The van der Waals surface area contributed by atoms with Gasteiger partial charge in [0, 0.05) is 12.7 Å². The van der Waals surface area contributed by atoms with Gasteiger partial charge in [-0.05, 0) is 24.6 Å². The molecule has 0 amide bonds. The van der Waals surface area contributed by atoms with Crippen molar-refractivity contribution < 1.29 is 0 Å². The Bertz CT molecular complexity index is 459. The van der Waals surface area contributed by atoms with Crippen LogP contribution in [-0.2, 0) is 0 Å². The van der Waals surface area contributed by atoms with Crippen LogP contribution >= 0.6 is 11.3 Å². The monoisotopic (exact) mass is 219 g/mol. The molecule has 0 bridgehead atoms. The predicted molar refractivity (Wildman–Crippen MR) is 66.2 cm³/mol. The minimum atomic E-state index is 0.787. The van der Waals surface area contributed by atoms with Crippen LogP contribution in [0, 0.1) is 6.92 Å². The zero-order chi connectivity index (χ0) is 10.8. The summed E-state index contributed by atoms with van der Waals surface area (Å²) in [6.45, 7) is 2.02. The molecule has 3 N–H and O–H groups in total. The van der Waals surface area contributed by atoms with Crippen LogP contribution < -0.4 is 11.1 Å². The summed E-state index contributed by atoms with van der Waals surface area (Å²) in [7, 11) is 1.88. The van der Waals surface area contributed by atoms with Crippen LogP contribution in [0.3, 0.4) is 0 Å². The molecule has 4 heteroatoms. The topological polar surface area (TPSA) is 50.9 Å². The zero-order valence-corrected chi connectivity index (χ0v) is 9.56. The van der Waals surface area contributed by atoms with Crippen LogP contribution in [0.25, 0.3) is 10.4 Å². The minimum Gasteiger partial charge on any atom is -0.399 e. The first-order valence-electron chi connectivity index (χ1n) is 4.72. The summed E-state index contributed by atoms with van der Waals surface area (Å²) < 4.78 is 0. The van der Waals surface area contributed by atoms with Crippen LogP contribution in [0.2, 0.25) is 0 Å². The number of nitrogen functional groups attached to an aromatic ring is 1. The highest BCUT2D eigenvalue weighted by atomic mass is 32.1. The SMILES string of the molecule is CNc1nc(C)c(-c2ccc(N)cc2)s1. The Morgan fingerprint density at radius 3 is 2.47 bits per heavy atom. The van der Waals surface area contributed by atoms with Gasteiger partial charge in [0.05, 0.1) is 10.6 Å². The standard InChI is InChI=1S/C11H13N3S/c1-7-10(15-11(13-2)14-7)8-3-5-9(12)6-4-8/h3-6H,12H2,1-2H3,(H,13,14). The number of nitrogens with one attached hydrogen (secondary N) is 1. The lowest BCUT2D eigenvalue weighted by atomic mass is 10.1. The number of aryl methyl sites for hydroxylation is 1. The number of hydrogen-bond acceptors (Lipinski definition) is 4. The molecule has 2 rings (SSSR count). The van der Waals surface area contributed by atoms with Crippen molar-refractivity contribution in [1.82, 2.24) is 4.98 Å². The third-order valence-electron chi connectivity index (χ3n) is 2.18. The summed E-state index contributed by atoms with van der Waals surface area (Å²) in [5.74, 6) is 0. The first-order chi connectivity index (χ1) is 7.20. The fourth-order valence-electron chi connectivity index (χ4n) is 1.41. The maximum absolute atomic E-state index is 5.65. The van der Waals surface area contributed by atoms with Crippen molar-refractivity contribution >= 4 is 22.2 Å². The van der Waals surface area contributed by atoms with Crippen LogP contribution in [0.1, 0.15) is 5.69 Å². The van der Waals surface area contributed by atoms with Crippen molar-refractivity contribution in [3.05, 3.63) is 30.0 Å². The van der Waals surface area contributed by atoms with E-state index in [-0.39, 0.29) is 0 Å². The van der Waals surface area contributed by atoms with Crippen molar-refractivity contribution in [3.8, 4) is 10.4 Å². The number of benzene rings is 1. The second-order valence-corrected chi connectivity index (χ2v) is 4.30. The Morgan fingerprint density at radius 1 is 1.27 bits per heavy atom. The second kappa shape index (κ2) is 3.90. The van der Waals surface area contributed by atoms with Gasteiger partial charge in [0.25, 0.3) is 0 Å². The van der Waals surface area contributed by atoms with Gasteiger partial charge in [0.1, 0.15) is 0 Å². The number of nitrogens with two attached hydrogens (primary N) is 1. The Labute approximate surface area is 93.0 Å². The number of nitrogens with zero attached hydrogens (tertiary/aromatic N) is 1. The maximum Gasteiger partial charge on any atom is 0.183 e. The average molecular weight is 219 g/mol. The molecule has 0 saturated carbocycles. The molecule has 0 unspecified atom stereocenters. The summed E-state index contributed by atoms with van der Waals surface area (Å²) in [5, 5.41) is 4.00. The fraction of sp³-hybridized carbons (Fsp3) is 0.182. The van der Waals surface area contributed by atoms with Gasteiger partial charge >= 0.3 is 0 Å². The molecule has 1 aromatic carbocycles. The number of aromatic nitrogens is 1. The number of hydrogen-bond donors (Lipinski definition) is 2. The second-order valence-electron chi connectivity index (χ2n) is 3.31. The highest BCUT2D eigenvalue weighted by molar-refractivity contribution is 7.19. The van der Waals surface area contributed by atoms with Gasteiger partial charge in [0.2, 0.25) is 0 Å². The van der Waals surface area contributed by atoms with E-state index in [4.69, 9.17) is 5.73 Å². The largest absolute Gasteiger partial charge is 0.399 e. The first-order valence-corrected chi connectivity index (χ1v) is 5.53. The zero-order valence-electron chi connectivity index (χ0n) is 8.74. The molecule has 78 valence electrons. The highest BCUT2D eigenvalue weighted by Crippen LogP contribution is 2.32. The van der Waals surface area contributed by atoms with Crippen LogP contribution in [-0.4, -0.2) is 12.0 Å². The van der Waals surface area contributed by atoms with Gasteiger partial charge in [-0.1, -0.05) is 23.5 Å². The third-order valence-corrected chi connectivity index (χ3v) is 3.41. The van der Waals surface area contributed by atoms with Crippen molar-refractivity contribution in [2.75, 3.05) is 18.1 Å². The summed E-state index contributed by atoms with van der Waals surface area (Å²) in [5.41, 5.74) is 8.65. The molecular formula is C11H13N3S. The number of anilines is 2. The maximum atomic E-state index is 5.65. The van der Waals surface area contributed by atoms with E-state index < -0.39 is 0 Å². The van der Waals surface area contributed by atoms with E-state index in [0.717, 1.165) is 16.5 Å². The lowest BCUT2D eigenvalue weighted by molar-refractivity contribution is 1.25. The number of thiazole rings is 1. The van der Waals surface area contributed by atoms with Gasteiger partial charge in [-0.25, -0.2) is 4.98 Å². The molecule has 0 aliphatic rings. The van der Waals surface area contributed by atoms with E-state index in [1.54, 1.807) is 11.3 Å². The predicted octanol–water partition coefficient (Wildman–Crippen LogP) is 2.74.